The minimum absolute atomic E-state index is 0.0864. The summed E-state index contributed by atoms with van der Waals surface area (Å²) in [7, 11) is 0. The Balaban J connectivity index is 1.51. The number of pyridine rings is 1. The van der Waals surface area contributed by atoms with Gasteiger partial charge >= 0.3 is 0 Å². The van der Waals surface area contributed by atoms with Gasteiger partial charge < -0.3 is 19.5 Å². The summed E-state index contributed by atoms with van der Waals surface area (Å²) in [4.78, 5) is 21.7. The highest BCUT2D eigenvalue weighted by atomic mass is 16.4. The molecule has 4 heterocycles. The average molecular weight is 370 g/mol. The predicted molar refractivity (Wildman–Crippen MR) is 107 cm³/mol. The maximum absolute atomic E-state index is 12.7. The summed E-state index contributed by atoms with van der Waals surface area (Å²) >= 11 is 0. The first-order valence-corrected chi connectivity index (χ1v) is 10.1. The normalized spacial score (nSPS) is 24.7. The highest BCUT2D eigenvalue weighted by molar-refractivity contribution is 5.96. The number of hydrogen-bond donors (Lipinski definition) is 1. The molecule has 4 rings (SSSR count). The minimum Gasteiger partial charge on any atom is -0.439 e. The third kappa shape index (κ3) is 3.68. The van der Waals surface area contributed by atoms with E-state index in [-0.39, 0.29) is 11.9 Å². The van der Waals surface area contributed by atoms with Crippen molar-refractivity contribution >= 4 is 22.8 Å². The van der Waals surface area contributed by atoms with Gasteiger partial charge in [-0.3, -0.25) is 4.79 Å². The summed E-state index contributed by atoms with van der Waals surface area (Å²) in [5, 5.41) is 4.10. The number of nitrogens with zero attached hydrogens (tertiary/aromatic N) is 3. The highest BCUT2D eigenvalue weighted by Gasteiger charge is 2.33. The third-order valence-electron chi connectivity index (χ3n) is 5.79. The van der Waals surface area contributed by atoms with E-state index < -0.39 is 0 Å². The molecule has 0 saturated carbocycles. The second-order valence-electron chi connectivity index (χ2n) is 8.61. The largest absolute Gasteiger partial charge is 0.439 e. The maximum Gasteiger partial charge on any atom is 0.270 e. The SMILES string of the molecule is CC(C)N(c1cc2cc(C(=O)N[C@@H]3C[C@H]4CCN(C4)C3)ncc2o1)C(C)C. The fraction of sp³-hybridized carbons (Fsp3) is 0.619. The van der Waals surface area contributed by atoms with Gasteiger partial charge in [-0.2, -0.15) is 0 Å². The van der Waals surface area contributed by atoms with Gasteiger partial charge in [0.1, 0.15) is 5.69 Å². The summed E-state index contributed by atoms with van der Waals surface area (Å²) in [5.74, 6) is 1.47. The van der Waals surface area contributed by atoms with Crippen molar-refractivity contribution in [1.82, 2.24) is 15.2 Å². The van der Waals surface area contributed by atoms with Crippen LogP contribution in [0.3, 0.4) is 0 Å². The molecule has 0 aliphatic carbocycles. The van der Waals surface area contributed by atoms with E-state index in [4.69, 9.17) is 4.42 Å². The molecule has 2 aliphatic heterocycles. The van der Waals surface area contributed by atoms with Crippen molar-refractivity contribution in [2.45, 2.75) is 58.7 Å². The van der Waals surface area contributed by atoms with Gasteiger partial charge in [-0.25, -0.2) is 4.98 Å². The van der Waals surface area contributed by atoms with Crippen LogP contribution in [0.2, 0.25) is 0 Å². The lowest BCUT2D eigenvalue weighted by Gasteiger charge is -2.30. The number of carbonyl (C=O) groups is 1. The molecule has 2 aromatic rings. The van der Waals surface area contributed by atoms with Crippen LogP contribution in [-0.2, 0) is 0 Å². The van der Waals surface area contributed by atoms with Crippen molar-refractivity contribution in [2.75, 3.05) is 24.5 Å². The molecule has 2 aromatic heterocycles. The Kier molecular flexibility index (Phi) is 4.84. The lowest BCUT2D eigenvalue weighted by molar-refractivity contribution is 0.0904. The van der Waals surface area contributed by atoms with Crippen molar-refractivity contribution < 1.29 is 9.21 Å². The van der Waals surface area contributed by atoms with Crippen LogP contribution in [0.25, 0.3) is 11.0 Å². The van der Waals surface area contributed by atoms with Gasteiger partial charge in [0.25, 0.3) is 5.91 Å². The quantitative estimate of drug-likeness (QED) is 0.875. The number of furan rings is 1. The Morgan fingerprint density at radius 2 is 2.04 bits per heavy atom. The molecule has 1 unspecified atom stereocenters. The number of hydrogen-bond acceptors (Lipinski definition) is 5. The van der Waals surface area contributed by atoms with E-state index in [0.717, 1.165) is 35.7 Å². The van der Waals surface area contributed by atoms with Crippen LogP contribution in [0.4, 0.5) is 5.88 Å². The first-order chi connectivity index (χ1) is 12.9. The Hall–Kier alpha value is -2.08. The van der Waals surface area contributed by atoms with Crippen LogP contribution >= 0.6 is 0 Å². The number of aromatic nitrogens is 1. The Morgan fingerprint density at radius 3 is 2.74 bits per heavy atom. The van der Waals surface area contributed by atoms with Crippen LogP contribution in [0.15, 0.2) is 22.7 Å². The summed E-state index contributed by atoms with van der Waals surface area (Å²) < 4.78 is 6.00. The van der Waals surface area contributed by atoms with Crippen LogP contribution in [0.1, 0.15) is 51.0 Å². The molecule has 0 aromatic carbocycles. The lowest BCUT2D eigenvalue weighted by atomic mass is 9.97. The molecule has 3 atom stereocenters. The Morgan fingerprint density at radius 1 is 1.26 bits per heavy atom. The van der Waals surface area contributed by atoms with E-state index in [1.54, 1.807) is 6.20 Å². The molecule has 146 valence electrons. The van der Waals surface area contributed by atoms with Gasteiger partial charge in [0, 0.05) is 42.7 Å². The molecular formula is C21H30N4O2. The van der Waals surface area contributed by atoms with Crippen molar-refractivity contribution in [1.29, 1.82) is 0 Å². The zero-order chi connectivity index (χ0) is 19.1. The molecule has 6 heteroatoms. The van der Waals surface area contributed by atoms with Crippen LogP contribution < -0.4 is 10.2 Å². The molecule has 0 spiro atoms. The molecule has 2 aliphatic rings. The van der Waals surface area contributed by atoms with Crippen molar-refractivity contribution in [2.24, 2.45) is 5.92 Å². The lowest BCUT2D eigenvalue weighted by Crippen LogP contribution is -2.47. The number of carbonyl (C=O) groups excluding carboxylic acids is 1. The maximum atomic E-state index is 12.7. The van der Waals surface area contributed by atoms with Crippen molar-refractivity contribution in [3.63, 3.8) is 0 Å². The third-order valence-corrected chi connectivity index (χ3v) is 5.79. The fourth-order valence-corrected chi connectivity index (χ4v) is 4.71. The summed E-state index contributed by atoms with van der Waals surface area (Å²) in [6.45, 7) is 11.9. The Bertz CT molecular complexity index is 809. The summed E-state index contributed by atoms with van der Waals surface area (Å²) in [6, 6.07) is 4.75. The molecular weight excluding hydrogens is 340 g/mol. The van der Waals surface area contributed by atoms with Gasteiger partial charge in [0.15, 0.2) is 11.5 Å². The first kappa shape index (κ1) is 18.3. The smallest absolute Gasteiger partial charge is 0.270 e. The second-order valence-corrected chi connectivity index (χ2v) is 8.61. The molecule has 2 bridgehead atoms. The standard InChI is InChI=1S/C21H30N4O2/c1-13(2)25(14(3)4)20-9-16-8-18(22-10-19(16)27-20)21(26)23-17-7-15-5-6-24(11-15)12-17/h8-10,13-15,17H,5-7,11-12H2,1-4H3,(H,23,26)/t15-,17-/m1/s1. The second kappa shape index (κ2) is 7.15. The molecule has 6 nitrogen and oxygen atoms in total. The molecule has 1 N–H and O–H groups in total. The van der Waals surface area contributed by atoms with Crippen molar-refractivity contribution in [3.05, 3.63) is 24.0 Å². The van der Waals surface area contributed by atoms with E-state index in [9.17, 15) is 4.79 Å². The topological polar surface area (TPSA) is 61.6 Å². The molecule has 1 amide bonds. The number of anilines is 1. The number of fused-ring (bicyclic) bond motifs is 3. The van der Waals surface area contributed by atoms with Gasteiger partial charge in [0.2, 0.25) is 0 Å². The summed E-state index contributed by atoms with van der Waals surface area (Å²) in [6.07, 6.45) is 4.01. The first-order valence-electron chi connectivity index (χ1n) is 10.1. The van der Waals surface area contributed by atoms with Gasteiger partial charge in [-0.15, -0.1) is 0 Å². The molecule has 0 radical (unpaired) electrons. The van der Waals surface area contributed by atoms with Crippen LogP contribution in [-0.4, -0.2) is 53.6 Å². The summed E-state index contributed by atoms with van der Waals surface area (Å²) in [5.41, 5.74) is 1.18. The fourth-order valence-electron chi connectivity index (χ4n) is 4.71. The zero-order valence-electron chi connectivity index (χ0n) is 16.7. The Labute approximate surface area is 160 Å². The minimum atomic E-state index is -0.0864. The van der Waals surface area contributed by atoms with E-state index in [1.165, 1.54) is 19.5 Å². The number of piperidine rings is 1. The number of nitrogens with one attached hydrogen (secondary N) is 1. The van der Waals surface area contributed by atoms with Gasteiger partial charge in [-0.05, 0) is 59.1 Å². The average Bonchev–Trinajstić information content (AvgIpc) is 3.15. The number of rotatable bonds is 5. The number of amides is 1. The van der Waals surface area contributed by atoms with Crippen molar-refractivity contribution in [3.8, 4) is 0 Å². The molecule has 2 fully saturated rings. The monoisotopic (exact) mass is 370 g/mol. The molecule has 2 saturated heterocycles. The van der Waals surface area contributed by atoms with E-state index in [2.05, 4.69) is 47.8 Å². The van der Waals surface area contributed by atoms with Crippen LogP contribution in [0, 0.1) is 5.92 Å². The van der Waals surface area contributed by atoms with E-state index in [1.807, 2.05) is 12.1 Å². The van der Waals surface area contributed by atoms with E-state index >= 15 is 0 Å². The van der Waals surface area contributed by atoms with Crippen LogP contribution in [0.5, 0.6) is 0 Å². The zero-order valence-corrected chi connectivity index (χ0v) is 16.7. The highest BCUT2D eigenvalue weighted by Crippen LogP contribution is 2.29. The predicted octanol–water partition coefficient (Wildman–Crippen LogP) is 3.28. The van der Waals surface area contributed by atoms with E-state index in [0.29, 0.717) is 17.8 Å². The van der Waals surface area contributed by atoms with Gasteiger partial charge in [-0.1, -0.05) is 0 Å². The van der Waals surface area contributed by atoms with Gasteiger partial charge in [0.05, 0.1) is 6.20 Å². The molecule has 27 heavy (non-hydrogen) atoms.